The van der Waals surface area contributed by atoms with E-state index < -0.39 is 0 Å². The maximum Gasteiger partial charge on any atom is 0.293 e. The normalized spacial score (nSPS) is 12.8. The van der Waals surface area contributed by atoms with Crippen molar-refractivity contribution in [3.05, 3.63) is 22.7 Å². The summed E-state index contributed by atoms with van der Waals surface area (Å²) in [4.78, 5) is 15.6. The summed E-state index contributed by atoms with van der Waals surface area (Å²) in [5.74, 6) is 0.912. The van der Waals surface area contributed by atoms with Crippen LogP contribution in [0.2, 0.25) is 0 Å². The molecule has 1 atom stereocenters. The summed E-state index contributed by atoms with van der Waals surface area (Å²) in [6.07, 6.45) is 4.14. The molecule has 0 spiro atoms. The molecule has 5 heteroatoms. The summed E-state index contributed by atoms with van der Waals surface area (Å²) in [6, 6.07) is 0. The van der Waals surface area contributed by atoms with Crippen LogP contribution in [-0.4, -0.2) is 21.5 Å². The Kier molecular flexibility index (Phi) is 4.80. The van der Waals surface area contributed by atoms with E-state index in [4.69, 9.17) is 11.6 Å². The van der Waals surface area contributed by atoms with E-state index in [-0.39, 0.29) is 10.9 Å². The highest BCUT2D eigenvalue weighted by Crippen LogP contribution is 2.10. The first-order valence-corrected chi connectivity index (χ1v) is 5.84. The van der Waals surface area contributed by atoms with Crippen molar-refractivity contribution in [2.45, 2.75) is 25.6 Å². The molecular weight excluding hydrogens is 226 g/mol. The molecule has 0 fully saturated rings. The standard InChI is InChI=1S/C11H18ClN3O/c1-8(2)6-9(12)7-14-10-11(16)15(3)5-4-13-10/h4-5,8-9H,6-7H2,1-3H3,(H,13,14). The minimum atomic E-state index is -0.129. The number of anilines is 1. The van der Waals surface area contributed by atoms with Crippen LogP contribution < -0.4 is 10.9 Å². The number of aryl methyl sites for hydroxylation is 1. The molecule has 1 N–H and O–H groups in total. The fraction of sp³-hybridized carbons (Fsp3) is 0.636. The summed E-state index contributed by atoms with van der Waals surface area (Å²) in [7, 11) is 1.70. The quantitative estimate of drug-likeness (QED) is 0.803. The van der Waals surface area contributed by atoms with E-state index >= 15 is 0 Å². The van der Waals surface area contributed by atoms with Gasteiger partial charge in [0.2, 0.25) is 0 Å². The Bertz CT molecular complexity index is 389. The molecule has 1 rings (SSSR count). The number of nitrogens with zero attached hydrogens (tertiary/aromatic N) is 2. The Morgan fingerprint density at radius 1 is 1.56 bits per heavy atom. The zero-order valence-electron chi connectivity index (χ0n) is 9.90. The van der Waals surface area contributed by atoms with Crippen molar-refractivity contribution in [1.82, 2.24) is 9.55 Å². The molecule has 4 nitrogen and oxygen atoms in total. The lowest BCUT2D eigenvalue weighted by atomic mass is 10.1. The van der Waals surface area contributed by atoms with Crippen LogP contribution in [0.25, 0.3) is 0 Å². The molecular formula is C11H18ClN3O. The molecule has 16 heavy (non-hydrogen) atoms. The van der Waals surface area contributed by atoms with Gasteiger partial charge in [0, 0.05) is 26.0 Å². The minimum Gasteiger partial charge on any atom is -0.364 e. The van der Waals surface area contributed by atoms with Crippen molar-refractivity contribution in [3.63, 3.8) is 0 Å². The molecule has 0 aliphatic heterocycles. The molecule has 1 aromatic heterocycles. The first-order valence-electron chi connectivity index (χ1n) is 5.40. The fourth-order valence-corrected chi connectivity index (χ4v) is 1.85. The van der Waals surface area contributed by atoms with Gasteiger partial charge in [0.1, 0.15) is 0 Å². The van der Waals surface area contributed by atoms with E-state index in [0.717, 1.165) is 6.42 Å². The summed E-state index contributed by atoms with van der Waals surface area (Å²) in [6.45, 7) is 4.80. The Hall–Kier alpha value is -1.03. The van der Waals surface area contributed by atoms with Gasteiger partial charge in [-0.05, 0) is 12.3 Å². The number of alkyl halides is 1. The van der Waals surface area contributed by atoms with E-state index in [9.17, 15) is 4.79 Å². The lowest BCUT2D eigenvalue weighted by molar-refractivity contribution is 0.571. The number of aromatic nitrogens is 2. The molecule has 0 aliphatic carbocycles. The van der Waals surface area contributed by atoms with Crippen molar-refractivity contribution < 1.29 is 0 Å². The molecule has 0 aliphatic rings. The van der Waals surface area contributed by atoms with Crippen LogP contribution in [0.3, 0.4) is 0 Å². The largest absolute Gasteiger partial charge is 0.364 e. The molecule has 0 saturated carbocycles. The summed E-state index contributed by atoms with van der Waals surface area (Å²) in [5, 5.41) is 3.00. The molecule has 0 radical (unpaired) electrons. The topological polar surface area (TPSA) is 46.9 Å². The lowest BCUT2D eigenvalue weighted by Gasteiger charge is -2.13. The Morgan fingerprint density at radius 2 is 2.25 bits per heavy atom. The number of hydrogen-bond donors (Lipinski definition) is 1. The molecule has 0 saturated heterocycles. The number of hydrogen-bond acceptors (Lipinski definition) is 3. The van der Waals surface area contributed by atoms with E-state index in [0.29, 0.717) is 18.3 Å². The highest BCUT2D eigenvalue weighted by atomic mass is 35.5. The number of halogens is 1. The van der Waals surface area contributed by atoms with Gasteiger partial charge in [-0.2, -0.15) is 0 Å². The van der Waals surface area contributed by atoms with E-state index in [1.54, 1.807) is 19.4 Å². The van der Waals surface area contributed by atoms with E-state index in [2.05, 4.69) is 24.1 Å². The molecule has 1 unspecified atom stereocenters. The van der Waals surface area contributed by atoms with Gasteiger partial charge in [0.05, 0.1) is 5.38 Å². The van der Waals surface area contributed by atoms with Crippen LogP contribution >= 0.6 is 11.6 Å². The van der Waals surface area contributed by atoms with Crippen LogP contribution in [0.1, 0.15) is 20.3 Å². The third-order valence-electron chi connectivity index (χ3n) is 2.23. The smallest absolute Gasteiger partial charge is 0.293 e. The second-order valence-corrected chi connectivity index (χ2v) is 4.92. The minimum absolute atomic E-state index is 0.0201. The molecule has 1 aromatic rings. The third kappa shape index (κ3) is 3.85. The third-order valence-corrected chi connectivity index (χ3v) is 2.57. The molecule has 0 aromatic carbocycles. The summed E-state index contributed by atoms with van der Waals surface area (Å²) < 4.78 is 1.49. The van der Waals surface area contributed by atoms with Gasteiger partial charge in [-0.15, -0.1) is 11.6 Å². The van der Waals surface area contributed by atoms with Crippen molar-refractivity contribution >= 4 is 17.4 Å². The molecule has 1 heterocycles. The van der Waals surface area contributed by atoms with Crippen LogP contribution in [0.4, 0.5) is 5.82 Å². The van der Waals surface area contributed by atoms with Gasteiger partial charge >= 0.3 is 0 Å². The summed E-state index contributed by atoms with van der Waals surface area (Å²) in [5.41, 5.74) is -0.129. The SMILES string of the molecule is CC(C)CC(Cl)CNc1nccn(C)c1=O. The number of rotatable bonds is 5. The predicted octanol–water partition coefficient (Wildman–Crippen LogP) is 1.85. The van der Waals surface area contributed by atoms with Crippen LogP contribution in [0, 0.1) is 5.92 Å². The Labute approximate surface area is 101 Å². The van der Waals surface area contributed by atoms with Crippen molar-refractivity contribution in [1.29, 1.82) is 0 Å². The zero-order chi connectivity index (χ0) is 12.1. The average molecular weight is 244 g/mol. The number of nitrogens with one attached hydrogen (secondary N) is 1. The molecule has 0 bridgehead atoms. The highest BCUT2D eigenvalue weighted by Gasteiger charge is 2.09. The van der Waals surface area contributed by atoms with Crippen molar-refractivity contribution in [3.8, 4) is 0 Å². The predicted molar refractivity (Wildman–Crippen MR) is 67.1 cm³/mol. The molecule has 90 valence electrons. The highest BCUT2D eigenvalue weighted by molar-refractivity contribution is 6.20. The zero-order valence-corrected chi connectivity index (χ0v) is 10.7. The second kappa shape index (κ2) is 5.89. The van der Waals surface area contributed by atoms with E-state index in [1.807, 2.05) is 0 Å². The van der Waals surface area contributed by atoms with E-state index in [1.165, 1.54) is 4.57 Å². The van der Waals surface area contributed by atoms with Crippen molar-refractivity contribution in [2.75, 3.05) is 11.9 Å². The maximum atomic E-state index is 11.6. The summed E-state index contributed by atoms with van der Waals surface area (Å²) >= 11 is 6.12. The van der Waals surface area contributed by atoms with Gasteiger partial charge in [-0.3, -0.25) is 4.79 Å². The van der Waals surface area contributed by atoms with Gasteiger partial charge in [0.25, 0.3) is 5.56 Å². The van der Waals surface area contributed by atoms with Gasteiger partial charge in [-0.25, -0.2) is 4.98 Å². The van der Waals surface area contributed by atoms with Gasteiger partial charge in [0.15, 0.2) is 5.82 Å². The Balaban J connectivity index is 2.55. The van der Waals surface area contributed by atoms with Crippen LogP contribution in [-0.2, 0) is 7.05 Å². The monoisotopic (exact) mass is 243 g/mol. The Morgan fingerprint density at radius 3 is 2.88 bits per heavy atom. The lowest BCUT2D eigenvalue weighted by Crippen LogP contribution is -2.25. The molecule has 0 amide bonds. The maximum absolute atomic E-state index is 11.6. The van der Waals surface area contributed by atoms with Crippen LogP contribution in [0.15, 0.2) is 17.2 Å². The van der Waals surface area contributed by atoms with Gasteiger partial charge < -0.3 is 9.88 Å². The fourth-order valence-electron chi connectivity index (χ4n) is 1.42. The first kappa shape index (κ1) is 13.0. The van der Waals surface area contributed by atoms with Gasteiger partial charge in [-0.1, -0.05) is 13.8 Å². The second-order valence-electron chi connectivity index (χ2n) is 4.30. The van der Waals surface area contributed by atoms with Crippen LogP contribution in [0.5, 0.6) is 0 Å². The average Bonchev–Trinajstić information content (AvgIpc) is 2.19. The first-order chi connectivity index (χ1) is 7.50. The van der Waals surface area contributed by atoms with Crippen molar-refractivity contribution in [2.24, 2.45) is 13.0 Å².